The Morgan fingerprint density at radius 1 is 1.27 bits per heavy atom. The molecule has 0 aliphatic carbocycles. The van der Waals surface area contributed by atoms with Crippen LogP contribution in [-0.2, 0) is 16.0 Å². The van der Waals surface area contributed by atoms with Crippen molar-refractivity contribution in [1.29, 1.82) is 0 Å². The third kappa shape index (κ3) is 5.81. The Morgan fingerprint density at radius 3 is 2.46 bits per heavy atom. The number of nitrogens with one attached hydrogen (secondary N) is 2. The van der Waals surface area contributed by atoms with Crippen LogP contribution < -0.4 is 10.6 Å². The van der Waals surface area contributed by atoms with Crippen LogP contribution in [0.2, 0.25) is 0 Å². The van der Waals surface area contributed by atoms with Crippen LogP contribution in [0.1, 0.15) is 32.4 Å². The maximum Gasteiger partial charge on any atom is 0.228 e. The molecule has 2 N–H and O–H groups in total. The Labute approximate surface area is 171 Å². The van der Waals surface area contributed by atoms with Gasteiger partial charge < -0.3 is 15.5 Å². The molecule has 2 atom stereocenters. The van der Waals surface area contributed by atoms with Gasteiger partial charge in [-0.25, -0.2) is 4.98 Å². The molecule has 0 saturated carbocycles. The van der Waals surface area contributed by atoms with Gasteiger partial charge in [0.15, 0.2) is 5.13 Å². The normalized spacial score (nSPS) is 22.0. The minimum Gasteiger partial charge on any atom is -0.342 e. The third-order valence-electron chi connectivity index (χ3n) is 5.01. The number of thiazole rings is 1. The van der Waals surface area contributed by atoms with Gasteiger partial charge in [-0.1, -0.05) is 13.8 Å². The van der Waals surface area contributed by atoms with Crippen LogP contribution in [0.4, 0.5) is 5.13 Å². The topological polar surface area (TPSA) is 74.3 Å². The molecular weight excluding hydrogens is 395 g/mol. The lowest BCUT2D eigenvalue weighted by atomic mass is 9.92. The van der Waals surface area contributed by atoms with Gasteiger partial charge in [-0.3, -0.25) is 9.59 Å². The van der Waals surface area contributed by atoms with E-state index in [9.17, 15) is 9.59 Å². The Morgan fingerprint density at radius 2 is 1.88 bits per heavy atom. The molecule has 0 radical (unpaired) electrons. The van der Waals surface area contributed by atoms with Crippen molar-refractivity contribution < 1.29 is 9.59 Å². The first-order valence-electron chi connectivity index (χ1n) is 8.76. The molecule has 3 rings (SSSR count). The molecule has 2 amide bonds. The van der Waals surface area contributed by atoms with E-state index < -0.39 is 0 Å². The predicted octanol–water partition coefficient (Wildman–Crippen LogP) is 2.58. The molecule has 9 heteroatoms. The van der Waals surface area contributed by atoms with Crippen molar-refractivity contribution >= 4 is 53.1 Å². The molecule has 1 aromatic heterocycles. The number of anilines is 1. The zero-order valence-electron chi connectivity index (χ0n) is 15.2. The average molecular weight is 423 g/mol. The number of fused-ring (bicyclic) bond motifs is 1. The number of hydrogen-bond acceptors (Lipinski definition) is 5. The van der Waals surface area contributed by atoms with E-state index in [2.05, 4.69) is 15.6 Å². The lowest BCUT2D eigenvalue weighted by Gasteiger charge is -2.20. The lowest BCUT2D eigenvalue weighted by molar-refractivity contribution is -0.130. The highest BCUT2D eigenvalue weighted by Gasteiger charge is 2.31. The molecule has 6 nitrogen and oxygen atoms in total. The molecule has 1 aromatic rings. The smallest absolute Gasteiger partial charge is 0.228 e. The van der Waals surface area contributed by atoms with Crippen LogP contribution in [0.15, 0.2) is 5.38 Å². The number of halogens is 2. The maximum atomic E-state index is 12.6. The van der Waals surface area contributed by atoms with Gasteiger partial charge in [-0.15, -0.1) is 36.2 Å². The van der Waals surface area contributed by atoms with E-state index in [0.717, 1.165) is 56.6 Å². The molecule has 2 saturated heterocycles. The minimum absolute atomic E-state index is 0. The molecule has 2 fully saturated rings. The van der Waals surface area contributed by atoms with E-state index in [-0.39, 0.29) is 42.5 Å². The number of amides is 2. The molecule has 2 aliphatic rings. The minimum atomic E-state index is -0.0787. The van der Waals surface area contributed by atoms with Gasteiger partial charge in [0, 0.05) is 24.4 Å². The molecule has 26 heavy (non-hydrogen) atoms. The monoisotopic (exact) mass is 422 g/mol. The van der Waals surface area contributed by atoms with Crippen LogP contribution in [0, 0.1) is 17.8 Å². The van der Waals surface area contributed by atoms with E-state index in [1.54, 1.807) is 0 Å². The Balaban J connectivity index is 0.00000169. The zero-order valence-corrected chi connectivity index (χ0v) is 17.6. The van der Waals surface area contributed by atoms with Crippen molar-refractivity contribution in [2.45, 2.75) is 33.1 Å². The second-order valence-corrected chi connectivity index (χ2v) is 7.96. The van der Waals surface area contributed by atoms with Crippen LogP contribution in [-0.4, -0.2) is 47.9 Å². The standard InChI is InChI=1S/C17H26N4O2S.2ClH/c1-11(2)16(23)20-17-19-14(10-24-17)7-15(22)21-5-3-12-8-18-9-13(12)4-6-21;;/h10-13,18H,3-9H2,1-2H3,(H,19,20,23);2*1H/t12-,13+;;. The fourth-order valence-corrected chi connectivity index (χ4v) is 4.14. The number of hydrogen-bond donors (Lipinski definition) is 2. The first-order valence-corrected chi connectivity index (χ1v) is 9.64. The molecule has 148 valence electrons. The summed E-state index contributed by atoms with van der Waals surface area (Å²) < 4.78 is 0. The van der Waals surface area contributed by atoms with Gasteiger partial charge in [0.1, 0.15) is 0 Å². The first kappa shape index (κ1) is 23.1. The Hall–Kier alpha value is -0.890. The van der Waals surface area contributed by atoms with Crippen molar-refractivity contribution in [2.75, 3.05) is 31.5 Å². The number of likely N-dealkylation sites (tertiary alicyclic amines) is 1. The third-order valence-corrected chi connectivity index (χ3v) is 5.82. The highest BCUT2D eigenvalue weighted by atomic mass is 35.5. The fraction of sp³-hybridized carbons (Fsp3) is 0.706. The highest BCUT2D eigenvalue weighted by Crippen LogP contribution is 2.27. The number of rotatable bonds is 4. The van der Waals surface area contributed by atoms with Crippen LogP contribution in [0.3, 0.4) is 0 Å². The van der Waals surface area contributed by atoms with Gasteiger partial charge in [0.2, 0.25) is 11.8 Å². The molecule has 0 spiro atoms. The molecule has 0 unspecified atom stereocenters. The van der Waals surface area contributed by atoms with E-state index in [1.807, 2.05) is 24.1 Å². The molecule has 2 aliphatic heterocycles. The number of aromatic nitrogens is 1. The molecule has 0 bridgehead atoms. The van der Waals surface area contributed by atoms with Crippen LogP contribution in [0.5, 0.6) is 0 Å². The summed E-state index contributed by atoms with van der Waals surface area (Å²) >= 11 is 1.38. The fourth-order valence-electron chi connectivity index (χ4n) is 3.43. The number of carbonyl (C=O) groups excluding carboxylic acids is 2. The van der Waals surface area contributed by atoms with Gasteiger partial charge in [0.25, 0.3) is 0 Å². The summed E-state index contributed by atoms with van der Waals surface area (Å²) in [5, 5.41) is 8.69. The van der Waals surface area contributed by atoms with Crippen molar-refractivity contribution in [3.05, 3.63) is 11.1 Å². The Bertz CT molecular complexity index is 597. The summed E-state index contributed by atoms with van der Waals surface area (Å²) in [6, 6.07) is 0. The van der Waals surface area contributed by atoms with Crippen molar-refractivity contribution in [2.24, 2.45) is 17.8 Å². The first-order chi connectivity index (χ1) is 11.5. The quantitative estimate of drug-likeness (QED) is 0.781. The van der Waals surface area contributed by atoms with Crippen molar-refractivity contribution in [3.8, 4) is 0 Å². The van der Waals surface area contributed by atoms with Gasteiger partial charge in [0.05, 0.1) is 12.1 Å². The molecule has 3 heterocycles. The molecular formula is C17H28Cl2N4O2S. The van der Waals surface area contributed by atoms with Crippen molar-refractivity contribution in [3.63, 3.8) is 0 Å². The van der Waals surface area contributed by atoms with Crippen LogP contribution >= 0.6 is 36.2 Å². The van der Waals surface area contributed by atoms with E-state index >= 15 is 0 Å². The predicted molar refractivity (Wildman–Crippen MR) is 109 cm³/mol. The number of carbonyl (C=O) groups is 2. The average Bonchev–Trinajstić information content (AvgIpc) is 3.12. The SMILES string of the molecule is CC(C)C(=O)Nc1nc(CC(=O)N2CC[C@@H]3CNC[C@@H]3CC2)cs1.Cl.Cl. The van der Waals surface area contributed by atoms with E-state index in [0.29, 0.717) is 11.6 Å². The van der Waals surface area contributed by atoms with Crippen molar-refractivity contribution in [1.82, 2.24) is 15.2 Å². The van der Waals surface area contributed by atoms with Gasteiger partial charge in [-0.2, -0.15) is 0 Å². The summed E-state index contributed by atoms with van der Waals surface area (Å²) in [5.41, 5.74) is 0.746. The van der Waals surface area contributed by atoms with Gasteiger partial charge in [-0.05, 0) is 37.8 Å². The van der Waals surface area contributed by atoms with Crippen LogP contribution in [0.25, 0.3) is 0 Å². The largest absolute Gasteiger partial charge is 0.342 e. The summed E-state index contributed by atoms with van der Waals surface area (Å²) in [7, 11) is 0. The maximum absolute atomic E-state index is 12.6. The van der Waals surface area contributed by atoms with E-state index in [4.69, 9.17) is 0 Å². The second-order valence-electron chi connectivity index (χ2n) is 7.10. The molecule has 0 aromatic carbocycles. The summed E-state index contributed by atoms with van der Waals surface area (Å²) in [6.07, 6.45) is 2.51. The Kier molecular flexibility index (Phi) is 9.30. The summed E-state index contributed by atoms with van der Waals surface area (Å²) in [5.74, 6) is 1.47. The zero-order chi connectivity index (χ0) is 17.1. The van der Waals surface area contributed by atoms with Gasteiger partial charge >= 0.3 is 0 Å². The van der Waals surface area contributed by atoms with E-state index in [1.165, 1.54) is 11.3 Å². The highest BCUT2D eigenvalue weighted by molar-refractivity contribution is 7.13. The number of nitrogens with zero attached hydrogens (tertiary/aromatic N) is 2. The summed E-state index contributed by atoms with van der Waals surface area (Å²) in [4.78, 5) is 30.6. The lowest BCUT2D eigenvalue weighted by Crippen LogP contribution is -2.34. The second kappa shape index (κ2) is 10.4. The summed E-state index contributed by atoms with van der Waals surface area (Å²) in [6.45, 7) is 7.58.